The Labute approximate surface area is 77.4 Å². The van der Waals surface area contributed by atoms with Crippen molar-refractivity contribution in [2.24, 2.45) is 0 Å². The van der Waals surface area contributed by atoms with Crippen molar-refractivity contribution >= 4 is 0 Å². The molecule has 2 heterocycles. The Hall–Kier alpha value is -1.09. The Morgan fingerprint density at radius 1 is 1.62 bits per heavy atom. The Morgan fingerprint density at radius 3 is 3.08 bits per heavy atom. The van der Waals surface area contributed by atoms with Gasteiger partial charge in [0.2, 0.25) is 5.56 Å². The van der Waals surface area contributed by atoms with Crippen LogP contribution >= 0.6 is 0 Å². The van der Waals surface area contributed by atoms with Crippen molar-refractivity contribution in [1.82, 2.24) is 9.88 Å². The number of rotatable bonds is 1. The zero-order chi connectivity index (χ0) is 9.26. The van der Waals surface area contributed by atoms with Crippen molar-refractivity contribution in [3.05, 3.63) is 34.2 Å². The number of hydrogen-bond donors (Lipinski definition) is 1. The van der Waals surface area contributed by atoms with Gasteiger partial charge < -0.3 is 9.88 Å². The van der Waals surface area contributed by atoms with E-state index in [-0.39, 0.29) is 5.56 Å². The van der Waals surface area contributed by atoms with Crippen LogP contribution in [0.25, 0.3) is 0 Å². The first kappa shape index (κ1) is 8.51. The van der Waals surface area contributed by atoms with Crippen molar-refractivity contribution in [1.29, 1.82) is 0 Å². The molecule has 1 N–H and O–H groups in total. The van der Waals surface area contributed by atoms with Gasteiger partial charge in [0.1, 0.15) is 0 Å². The molecule has 1 aliphatic rings. The summed E-state index contributed by atoms with van der Waals surface area (Å²) in [5.74, 6) is 0.548. The third-order valence-corrected chi connectivity index (χ3v) is 2.66. The lowest BCUT2D eigenvalue weighted by molar-refractivity contribution is 0.411. The number of likely N-dealkylation sites (N-methyl/N-ethyl adjacent to an activating group) is 1. The molecule has 1 aromatic rings. The number of nitrogens with one attached hydrogen (secondary N) is 1. The standard InChI is InChI=1S/C10H14N2O/c1-12-5-3-9(7-12)8-2-4-11-10(13)6-8/h2,4,6,9H,3,5,7H2,1H3,(H,11,13). The Kier molecular flexibility index (Phi) is 2.19. The van der Waals surface area contributed by atoms with Gasteiger partial charge in [0.25, 0.3) is 0 Å². The van der Waals surface area contributed by atoms with Crippen LogP contribution in [0.5, 0.6) is 0 Å². The van der Waals surface area contributed by atoms with Gasteiger partial charge in [-0.15, -0.1) is 0 Å². The van der Waals surface area contributed by atoms with E-state index in [1.807, 2.05) is 6.07 Å². The van der Waals surface area contributed by atoms with E-state index in [4.69, 9.17) is 0 Å². The lowest BCUT2D eigenvalue weighted by atomic mass is 10.00. The van der Waals surface area contributed by atoms with E-state index in [2.05, 4.69) is 16.9 Å². The monoisotopic (exact) mass is 178 g/mol. The first-order valence-electron chi connectivity index (χ1n) is 4.63. The van der Waals surface area contributed by atoms with Crippen molar-refractivity contribution in [3.63, 3.8) is 0 Å². The van der Waals surface area contributed by atoms with Gasteiger partial charge in [0.05, 0.1) is 0 Å². The molecule has 1 aromatic heterocycles. The van der Waals surface area contributed by atoms with Gasteiger partial charge in [-0.05, 0) is 37.6 Å². The maximum atomic E-state index is 11.1. The number of nitrogens with zero attached hydrogens (tertiary/aromatic N) is 1. The first-order chi connectivity index (χ1) is 6.25. The predicted molar refractivity (Wildman–Crippen MR) is 51.9 cm³/mol. The quantitative estimate of drug-likeness (QED) is 0.690. The second-order valence-electron chi connectivity index (χ2n) is 3.73. The van der Waals surface area contributed by atoms with E-state index < -0.39 is 0 Å². The molecule has 1 atom stereocenters. The van der Waals surface area contributed by atoms with Gasteiger partial charge in [0, 0.05) is 18.8 Å². The number of pyridine rings is 1. The number of aromatic nitrogens is 1. The van der Waals surface area contributed by atoms with E-state index in [1.165, 1.54) is 12.0 Å². The molecule has 0 aromatic carbocycles. The summed E-state index contributed by atoms with van der Waals surface area (Å²) in [5, 5.41) is 0. The topological polar surface area (TPSA) is 36.1 Å². The lowest BCUT2D eigenvalue weighted by Gasteiger charge is -2.09. The zero-order valence-corrected chi connectivity index (χ0v) is 7.79. The zero-order valence-electron chi connectivity index (χ0n) is 7.79. The maximum absolute atomic E-state index is 11.1. The molecule has 1 unspecified atom stereocenters. The number of aromatic amines is 1. The minimum Gasteiger partial charge on any atom is -0.329 e. The van der Waals surface area contributed by atoms with E-state index in [0.29, 0.717) is 5.92 Å². The maximum Gasteiger partial charge on any atom is 0.248 e. The van der Waals surface area contributed by atoms with Crippen LogP contribution in [0.15, 0.2) is 23.1 Å². The third-order valence-electron chi connectivity index (χ3n) is 2.66. The average molecular weight is 178 g/mol. The summed E-state index contributed by atoms with van der Waals surface area (Å²) < 4.78 is 0. The van der Waals surface area contributed by atoms with Crippen LogP contribution in [0.2, 0.25) is 0 Å². The third kappa shape index (κ3) is 1.80. The van der Waals surface area contributed by atoms with Gasteiger partial charge >= 0.3 is 0 Å². The second-order valence-corrected chi connectivity index (χ2v) is 3.73. The van der Waals surface area contributed by atoms with Crippen LogP contribution in [-0.4, -0.2) is 30.0 Å². The fraction of sp³-hybridized carbons (Fsp3) is 0.500. The number of likely N-dealkylation sites (tertiary alicyclic amines) is 1. The van der Waals surface area contributed by atoms with Gasteiger partial charge in [-0.1, -0.05) is 0 Å². The highest BCUT2D eigenvalue weighted by molar-refractivity contribution is 5.17. The van der Waals surface area contributed by atoms with Crippen molar-refractivity contribution in [3.8, 4) is 0 Å². The average Bonchev–Trinajstić information content (AvgIpc) is 2.52. The fourth-order valence-corrected chi connectivity index (χ4v) is 1.92. The predicted octanol–water partition coefficient (Wildman–Crippen LogP) is 0.794. The number of hydrogen-bond acceptors (Lipinski definition) is 2. The molecule has 70 valence electrons. The van der Waals surface area contributed by atoms with Crippen LogP contribution in [0, 0.1) is 0 Å². The normalized spacial score (nSPS) is 23.6. The summed E-state index contributed by atoms with van der Waals surface area (Å²) in [4.78, 5) is 16.0. The molecule has 13 heavy (non-hydrogen) atoms. The smallest absolute Gasteiger partial charge is 0.248 e. The molecule has 1 saturated heterocycles. The summed E-state index contributed by atoms with van der Waals surface area (Å²) in [6.45, 7) is 2.21. The van der Waals surface area contributed by atoms with Crippen molar-refractivity contribution in [2.75, 3.05) is 20.1 Å². The first-order valence-corrected chi connectivity index (χ1v) is 4.63. The van der Waals surface area contributed by atoms with E-state index in [1.54, 1.807) is 12.3 Å². The molecule has 1 aliphatic heterocycles. The van der Waals surface area contributed by atoms with Crippen LogP contribution < -0.4 is 5.56 Å². The summed E-state index contributed by atoms with van der Waals surface area (Å²) >= 11 is 0. The van der Waals surface area contributed by atoms with Crippen LogP contribution in [0.1, 0.15) is 17.9 Å². The summed E-state index contributed by atoms with van der Waals surface area (Å²) in [7, 11) is 2.12. The minimum absolute atomic E-state index is 0.00653. The van der Waals surface area contributed by atoms with E-state index in [9.17, 15) is 4.79 Å². The molecule has 2 rings (SSSR count). The molecular weight excluding hydrogens is 164 g/mol. The highest BCUT2D eigenvalue weighted by Gasteiger charge is 2.20. The molecule has 0 aliphatic carbocycles. The molecule has 0 saturated carbocycles. The van der Waals surface area contributed by atoms with Crippen LogP contribution in [0.3, 0.4) is 0 Å². The van der Waals surface area contributed by atoms with Crippen molar-refractivity contribution < 1.29 is 0 Å². The largest absolute Gasteiger partial charge is 0.329 e. The summed E-state index contributed by atoms with van der Waals surface area (Å²) in [5.41, 5.74) is 1.18. The highest BCUT2D eigenvalue weighted by atomic mass is 16.1. The number of H-pyrrole nitrogens is 1. The molecule has 3 heteroatoms. The minimum atomic E-state index is 0.00653. The lowest BCUT2D eigenvalue weighted by Crippen LogP contribution is -2.14. The molecular formula is C10H14N2O. The van der Waals surface area contributed by atoms with Gasteiger partial charge in [-0.2, -0.15) is 0 Å². The SMILES string of the molecule is CN1CCC(c2cc[nH]c(=O)c2)C1. The Bertz CT molecular complexity index is 345. The van der Waals surface area contributed by atoms with Crippen LogP contribution in [0.4, 0.5) is 0 Å². The molecule has 0 bridgehead atoms. The van der Waals surface area contributed by atoms with E-state index >= 15 is 0 Å². The van der Waals surface area contributed by atoms with Gasteiger partial charge in [-0.3, -0.25) is 4.79 Å². The van der Waals surface area contributed by atoms with Crippen molar-refractivity contribution in [2.45, 2.75) is 12.3 Å². The molecule has 0 spiro atoms. The molecule has 3 nitrogen and oxygen atoms in total. The molecule has 0 radical (unpaired) electrons. The fourth-order valence-electron chi connectivity index (χ4n) is 1.92. The highest BCUT2D eigenvalue weighted by Crippen LogP contribution is 2.24. The van der Waals surface area contributed by atoms with Gasteiger partial charge in [-0.25, -0.2) is 0 Å². The summed E-state index contributed by atoms with van der Waals surface area (Å²) in [6.07, 6.45) is 2.90. The Balaban J connectivity index is 2.21. The molecule has 0 amide bonds. The van der Waals surface area contributed by atoms with E-state index in [0.717, 1.165) is 13.1 Å². The second kappa shape index (κ2) is 3.34. The van der Waals surface area contributed by atoms with Crippen LogP contribution in [-0.2, 0) is 0 Å². The van der Waals surface area contributed by atoms with Gasteiger partial charge in [0.15, 0.2) is 0 Å². The summed E-state index contributed by atoms with van der Waals surface area (Å²) in [6, 6.07) is 3.72. The molecule has 1 fully saturated rings. The Morgan fingerprint density at radius 2 is 2.46 bits per heavy atom.